The smallest absolute Gasteiger partial charge is 0.331 e. The Morgan fingerprint density at radius 2 is 2.05 bits per heavy atom. The van der Waals surface area contributed by atoms with Gasteiger partial charge in [-0.15, -0.1) is 0 Å². The average molecular weight is 313 g/mol. The molecule has 0 spiro atoms. The molecule has 0 unspecified atom stereocenters. The number of anilines is 1. The zero-order valence-corrected chi connectivity index (χ0v) is 12.1. The molecule has 21 heavy (non-hydrogen) atoms. The summed E-state index contributed by atoms with van der Waals surface area (Å²) in [6.07, 6.45) is -0.613. The van der Waals surface area contributed by atoms with Crippen LogP contribution in [0.1, 0.15) is 25.3 Å². The van der Waals surface area contributed by atoms with Crippen LogP contribution in [-0.4, -0.2) is 10.8 Å². The summed E-state index contributed by atoms with van der Waals surface area (Å²) in [4.78, 5) is 0. The van der Waals surface area contributed by atoms with Gasteiger partial charge in [0, 0.05) is 5.69 Å². The van der Waals surface area contributed by atoms with Crippen molar-refractivity contribution in [3.8, 4) is 0 Å². The van der Waals surface area contributed by atoms with Crippen molar-refractivity contribution in [1.29, 1.82) is 0 Å². The normalized spacial score (nSPS) is 16.8. The fourth-order valence-electron chi connectivity index (χ4n) is 1.90. The van der Waals surface area contributed by atoms with Gasteiger partial charge in [0.1, 0.15) is 0 Å². The van der Waals surface area contributed by atoms with Crippen molar-refractivity contribution in [2.75, 3.05) is 5.32 Å². The lowest BCUT2D eigenvalue weighted by molar-refractivity contribution is -0.137. The molecule has 1 aliphatic carbocycles. The fourth-order valence-corrected chi connectivity index (χ4v) is 2.06. The van der Waals surface area contributed by atoms with Gasteiger partial charge in [-0.1, -0.05) is 11.6 Å². The van der Waals surface area contributed by atoms with E-state index in [2.05, 4.69) is 15.8 Å². The van der Waals surface area contributed by atoms with Gasteiger partial charge in [-0.2, -0.15) is 18.3 Å². The Labute approximate surface area is 125 Å². The topological polar surface area (TPSA) is 36.4 Å². The molecule has 112 valence electrons. The molecule has 0 atom stereocenters. The van der Waals surface area contributed by atoms with E-state index in [0.29, 0.717) is 0 Å². The van der Waals surface area contributed by atoms with E-state index >= 15 is 0 Å². The van der Waals surface area contributed by atoms with Crippen LogP contribution in [0.4, 0.5) is 18.9 Å². The van der Waals surface area contributed by atoms with Gasteiger partial charge in [-0.05, 0) is 56.3 Å². The number of hydrogen-bond donors (Lipinski definition) is 2. The molecular formula is C14H14F3N3S. The molecule has 0 fully saturated rings. The number of alkyl halides is 3. The Kier molecular flexibility index (Phi) is 4.62. The standard InChI is InChI=1S/C14H14F3N3S/c1-9-5-6-12(7-9)19-20-13(21)18-11-4-2-3-10(8-11)14(15,16)17/h2-4,7-8H,5-6H2,1H3,(H2,18,20,21)/b19-12+. The molecule has 0 saturated carbocycles. The molecule has 1 aromatic rings. The van der Waals surface area contributed by atoms with Crippen molar-refractivity contribution in [2.45, 2.75) is 25.9 Å². The summed E-state index contributed by atoms with van der Waals surface area (Å²) in [5.41, 5.74) is 4.29. The van der Waals surface area contributed by atoms with Gasteiger partial charge in [0.25, 0.3) is 0 Å². The number of halogens is 3. The summed E-state index contributed by atoms with van der Waals surface area (Å²) < 4.78 is 37.8. The maximum atomic E-state index is 12.6. The molecule has 2 N–H and O–H groups in total. The molecule has 0 aliphatic heterocycles. The number of hydrazone groups is 1. The Hall–Kier alpha value is -1.89. The predicted octanol–water partition coefficient (Wildman–Crippen LogP) is 4.09. The first-order chi connectivity index (χ1) is 9.84. The Bertz CT molecular complexity index is 606. The van der Waals surface area contributed by atoms with Gasteiger partial charge in [-0.25, -0.2) is 0 Å². The number of thiocarbonyl (C=S) groups is 1. The molecular weight excluding hydrogens is 299 g/mol. The van der Waals surface area contributed by atoms with Crippen LogP contribution in [0.25, 0.3) is 0 Å². The Morgan fingerprint density at radius 1 is 1.29 bits per heavy atom. The van der Waals surface area contributed by atoms with E-state index in [1.807, 2.05) is 13.0 Å². The lowest BCUT2D eigenvalue weighted by Crippen LogP contribution is -2.24. The summed E-state index contributed by atoms with van der Waals surface area (Å²) in [6.45, 7) is 2.02. The largest absolute Gasteiger partial charge is 0.416 e. The minimum absolute atomic E-state index is 0.153. The lowest BCUT2D eigenvalue weighted by atomic mass is 10.2. The number of hydrogen-bond acceptors (Lipinski definition) is 2. The van der Waals surface area contributed by atoms with Gasteiger partial charge in [0.05, 0.1) is 11.3 Å². The third kappa shape index (κ3) is 4.56. The maximum Gasteiger partial charge on any atom is 0.416 e. The lowest BCUT2D eigenvalue weighted by Gasteiger charge is -2.11. The third-order valence-corrected chi connectivity index (χ3v) is 3.13. The number of rotatable bonds is 2. The van der Waals surface area contributed by atoms with Gasteiger partial charge in [0.2, 0.25) is 0 Å². The maximum absolute atomic E-state index is 12.6. The Balaban J connectivity index is 1.97. The first-order valence-electron chi connectivity index (χ1n) is 6.32. The van der Waals surface area contributed by atoms with Crippen molar-refractivity contribution in [3.63, 3.8) is 0 Å². The SMILES string of the molecule is CC1=C/C(=N/NC(=S)Nc2cccc(C(F)(F)F)c2)CC1. The van der Waals surface area contributed by atoms with Gasteiger partial charge in [-0.3, -0.25) is 5.43 Å². The number of allylic oxidation sites excluding steroid dienone is 2. The van der Waals surface area contributed by atoms with Gasteiger partial charge < -0.3 is 5.32 Å². The van der Waals surface area contributed by atoms with E-state index in [4.69, 9.17) is 12.2 Å². The van der Waals surface area contributed by atoms with Crippen molar-refractivity contribution in [2.24, 2.45) is 5.10 Å². The van der Waals surface area contributed by atoms with Gasteiger partial charge in [0.15, 0.2) is 5.11 Å². The molecule has 0 aromatic heterocycles. The summed E-state index contributed by atoms with van der Waals surface area (Å²) in [7, 11) is 0. The van der Waals surface area contributed by atoms with E-state index in [0.717, 1.165) is 30.7 Å². The second kappa shape index (κ2) is 6.26. The minimum atomic E-state index is -4.38. The van der Waals surface area contributed by atoms with Crippen LogP contribution in [0.2, 0.25) is 0 Å². The highest BCUT2D eigenvalue weighted by Gasteiger charge is 2.30. The van der Waals surface area contributed by atoms with Crippen LogP contribution >= 0.6 is 12.2 Å². The van der Waals surface area contributed by atoms with Crippen LogP contribution in [-0.2, 0) is 6.18 Å². The quantitative estimate of drug-likeness (QED) is 0.638. The zero-order valence-electron chi connectivity index (χ0n) is 11.3. The van der Waals surface area contributed by atoms with Crippen LogP contribution in [0.5, 0.6) is 0 Å². The molecule has 0 radical (unpaired) electrons. The first kappa shape index (κ1) is 15.5. The van der Waals surface area contributed by atoms with Crippen LogP contribution in [0.3, 0.4) is 0 Å². The highest BCUT2D eigenvalue weighted by atomic mass is 32.1. The summed E-state index contributed by atoms with van der Waals surface area (Å²) >= 11 is 5.01. The summed E-state index contributed by atoms with van der Waals surface area (Å²) in [5.74, 6) is 0. The first-order valence-corrected chi connectivity index (χ1v) is 6.73. The van der Waals surface area contributed by atoms with E-state index in [1.54, 1.807) is 0 Å². The van der Waals surface area contributed by atoms with Gasteiger partial charge >= 0.3 is 6.18 Å². The molecule has 0 saturated heterocycles. The number of benzene rings is 1. The Morgan fingerprint density at radius 3 is 2.67 bits per heavy atom. The fraction of sp³-hybridized carbons (Fsp3) is 0.286. The second-order valence-corrected chi connectivity index (χ2v) is 5.15. The van der Waals surface area contributed by atoms with Crippen molar-refractivity contribution in [3.05, 3.63) is 41.5 Å². The predicted molar refractivity (Wildman–Crippen MR) is 81.2 cm³/mol. The molecule has 0 bridgehead atoms. The molecule has 1 aliphatic rings. The molecule has 0 heterocycles. The van der Waals surface area contributed by atoms with Crippen molar-refractivity contribution < 1.29 is 13.2 Å². The van der Waals surface area contributed by atoms with Crippen LogP contribution in [0, 0.1) is 0 Å². The second-order valence-electron chi connectivity index (χ2n) is 4.74. The summed E-state index contributed by atoms with van der Waals surface area (Å²) in [5, 5.41) is 6.94. The number of nitrogens with one attached hydrogen (secondary N) is 2. The van der Waals surface area contributed by atoms with E-state index in [-0.39, 0.29) is 10.8 Å². The highest BCUT2D eigenvalue weighted by Crippen LogP contribution is 2.30. The molecule has 7 heteroatoms. The molecule has 1 aromatic carbocycles. The van der Waals surface area contributed by atoms with E-state index < -0.39 is 11.7 Å². The van der Waals surface area contributed by atoms with Crippen molar-refractivity contribution >= 4 is 28.7 Å². The van der Waals surface area contributed by atoms with Crippen LogP contribution in [0.15, 0.2) is 41.0 Å². The van der Waals surface area contributed by atoms with Crippen LogP contribution < -0.4 is 10.7 Å². The molecule has 2 rings (SSSR count). The third-order valence-electron chi connectivity index (χ3n) is 2.94. The average Bonchev–Trinajstić information content (AvgIpc) is 2.82. The molecule has 0 amide bonds. The highest BCUT2D eigenvalue weighted by molar-refractivity contribution is 7.80. The van der Waals surface area contributed by atoms with E-state index in [1.165, 1.54) is 17.7 Å². The van der Waals surface area contributed by atoms with E-state index in [9.17, 15) is 13.2 Å². The zero-order chi connectivity index (χ0) is 15.5. The number of nitrogens with zero attached hydrogens (tertiary/aromatic N) is 1. The van der Waals surface area contributed by atoms with Crippen molar-refractivity contribution in [1.82, 2.24) is 5.43 Å². The summed E-state index contributed by atoms with van der Waals surface area (Å²) in [6, 6.07) is 4.84. The monoisotopic (exact) mass is 313 g/mol. The molecule has 3 nitrogen and oxygen atoms in total. The minimum Gasteiger partial charge on any atom is -0.331 e.